The lowest BCUT2D eigenvalue weighted by molar-refractivity contribution is -0.121. The lowest BCUT2D eigenvalue weighted by Crippen LogP contribution is -2.36. The van der Waals surface area contributed by atoms with Crippen molar-refractivity contribution in [2.24, 2.45) is 5.92 Å². The Labute approximate surface area is 140 Å². The van der Waals surface area contributed by atoms with Crippen molar-refractivity contribution in [2.45, 2.75) is 39.0 Å². The number of methoxy groups -OCH3 is 1. The van der Waals surface area contributed by atoms with Crippen LogP contribution in [-0.4, -0.2) is 44.1 Å². The predicted octanol–water partition coefficient (Wildman–Crippen LogP) is 2.87. The Morgan fingerprint density at radius 1 is 1.35 bits per heavy atom. The van der Waals surface area contributed by atoms with E-state index in [0.717, 1.165) is 37.6 Å². The summed E-state index contributed by atoms with van der Waals surface area (Å²) in [5, 5.41) is 3.04. The molecule has 1 aliphatic heterocycles. The molecular formula is C19H30N2O2. The average Bonchev–Trinajstić information content (AvgIpc) is 2.57. The van der Waals surface area contributed by atoms with Gasteiger partial charge in [0.25, 0.3) is 0 Å². The van der Waals surface area contributed by atoms with E-state index in [9.17, 15) is 4.79 Å². The number of aryl methyl sites for hydroxylation is 1. The number of benzene rings is 1. The third-order valence-electron chi connectivity index (χ3n) is 4.51. The molecule has 2 rings (SSSR count). The normalized spacial score (nSPS) is 18.6. The van der Waals surface area contributed by atoms with E-state index in [1.165, 1.54) is 31.5 Å². The maximum atomic E-state index is 11.9. The van der Waals surface area contributed by atoms with Crippen LogP contribution in [0.2, 0.25) is 0 Å². The Bertz CT molecular complexity index is 473. The molecule has 0 bridgehead atoms. The van der Waals surface area contributed by atoms with Crippen LogP contribution in [0.15, 0.2) is 24.3 Å². The average molecular weight is 318 g/mol. The third kappa shape index (κ3) is 6.61. The van der Waals surface area contributed by atoms with Crippen molar-refractivity contribution in [2.75, 3.05) is 33.3 Å². The molecule has 1 fully saturated rings. The van der Waals surface area contributed by atoms with Gasteiger partial charge in [-0.3, -0.25) is 4.79 Å². The van der Waals surface area contributed by atoms with E-state index in [-0.39, 0.29) is 5.91 Å². The van der Waals surface area contributed by atoms with Gasteiger partial charge in [-0.25, -0.2) is 0 Å². The fourth-order valence-electron chi connectivity index (χ4n) is 3.16. The van der Waals surface area contributed by atoms with E-state index < -0.39 is 0 Å². The van der Waals surface area contributed by atoms with Crippen LogP contribution in [0.5, 0.6) is 5.75 Å². The molecule has 4 nitrogen and oxygen atoms in total. The molecule has 1 atom stereocenters. The van der Waals surface area contributed by atoms with Crippen LogP contribution in [-0.2, 0) is 11.2 Å². The first kappa shape index (κ1) is 17.8. The van der Waals surface area contributed by atoms with E-state index in [0.29, 0.717) is 6.42 Å². The summed E-state index contributed by atoms with van der Waals surface area (Å²) in [7, 11) is 1.66. The number of hydrogen-bond donors (Lipinski definition) is 1. The van der Waals surface area contributed by atoms with Gasteiger partial charge in [0, 0.05) is 19.5 Å². The second-order valence-electron chi connectivity index (χ2n) is 6.60. The Kier molecular flexibility index (Phi) is 7.40. The van der Waals surface area contributed by atoms with Gasteiger partial charge in [0.2, 0.25) is 5.91 Å². The summed E-state index contributed by atoms with van der Waals surface area (Å²) in [5.74, 6) is 1.82. The molecule has 1 aliphatic rings. The number of carbonyl (C=O) groups excluding carboxylic acids is 1. The van der Waals surface area contributed by atoms with E-state index >= 15 is 0 Å². The highest BCUT2D eigenvalue weighted by molar-refractivity contribution is 5.76. The molecule has 1 aromatic carbocycles. The van der Waals surface area contributed by atoms with Crippen LogP contribution in [0.3, 0.4) is 0 Å². The van der Waals surface area contributed by atoms with Gasteiger partial charge in [0.05, 0.1) is 7.11 Å². The number of carbonyl (C=O) groups is 1. The first-order chi connectivity index (χ1) is 11.2. The molecule has 0 aromatic heterocycles. The minimum absolute atomic E-state index is 0.146. The van der Waals surface area contributed by atoms with Crippen molar-refractivity contribution in [3.05, 3.63) is 29.8 Å². The molecule has 1 aromatic rings. The smallest absolute Gasteiger partial charge is 0.220 e. The van der Waals surface area contributed by atoms with Gasteiger partial charge in [-0.1, -0.05) is 19.1 Å². The van der Waals surface area contributed by atoms with E-state index in [4.69, 9.17) is 4.74 Å². The summed E-state index contributed by atoms with van der Waals surface area (Å²) >= 11 is 0. The number of ether oxygens (including phenoxy) is 1. The van der Waals surface area contributed by atoms with Gasteiger partial charge >= 0.3 is 0 Å². The number of amides is 1. The molecule has 0 unspecified atom stereocenters. The fraction of sp³-hybridized carbons (Fsp3) is 0.632. The summed E-state index contributed by atoms with van der Waals surface area (Å²) in [6.07, 6.45) is 5.04. The van der Waals surface area contributed by atoms with E-state index in [2.05, 4.69) is 17.1 Å². The minimum atomic E-state index is 0.146. The largest absolute Gasteiger partial charge is 0.497 e. The molecule has 0 aliphatic carbocycles. The van der Waals surface area contributed by atoms with Crippen molar-refractivity contribution in [3.63, 3.8) is 0 Å². The number of nitrogens with zero attached hydrogens (tertiary/aromatic N) is 1. The summed E-state index contributed by atoms with van der Waals surface area (Å²) in [6.45, 7) is 6.64. The van der Waals surface area contributed by atoms with Crippen LogP contribution in [0.1, 0.15) is 38.2 Å². The van der Waals surface area contributed by atoms with Gasteiger partial charge < -0.3 is 15.0 Å². The monoisotopic (exact) mass is 318 g/mol. The molecule has 4 heteroatoms. The first-order valence-corrected chi connectivity index (χ1v) is 8.79. The Hall–Kier alpha value is -1.55. The standard InChI is InChI=1S/C19H30N2O2/c1-16-5-3-13-21(15-16)14-4-12-20-19(22)11-8-17-6-9-18(23-2)10-7-17/h6-7,9-10,16H,3-5,8,11-15H2,1-2H3,(H,20,22)/t16-/m1/s1. The molecular weight excluding hydrogens is 288 g/mol. The van der Waals surface area contributed by atoms with Crippen molar-refractivity contribution < 1.29 is 9.53 Å². The van der Waals surface area contributed by atoms with Gasteiger partial charge in [-0.05, 0) is 62.4 Å². The lowest BCUT2D eigenvalue weighted by atomic mass is 10.0. The number of likely N-dealkylation sites (tertiary alicyclic amines) is 1. The molecule has 0 radical (unpaired) electrons. The zero-order chi connectivity index (χ0) is 16.5. The summed E-state index contributed by atoms with van der Waals surface area (Å²) in [6, 6.07) is 7.91. The van der Waals surface area contributed by atoms with Gasteiger partial charge in [-0.15, -0.1) is 0 Å². The molecule has 128 valence electrons. The lowest BCUT2D eigenvalue weighted by Gasteiger charge is -2.30. The predicted molar refractivity (Wildman–Crippen MR) is 93.8 cm³/mol. The number of rotatable bonds is 8. The van der Waals surface area contributed by atoms with Crippen molar-refractivity contribution in [1.82, 2.24) is 10.2 Å². The van der Waals surface area contributed by atoms with Crippen LogP contribution in [0, 0.1) is 5.92 Å². The highest BCUT2D eigenvalue weighted by atomic mass is 16.5. The number of nitrogens with one attached hydrogen (secondary N) is 1. The molecule has 1 N–H and O–H groups in total. The van der Waals surface area contributed by atoms with E-state index in [1.807, 2.05) is 24.3 Å². The fourth-order valence-corrected chi connectivity index (χ4v) is 3.16. The van der Waals surface area contributed by atoms with Gasteiger partial charge in [0.1, 0.15) is 5.75 Å². The van der Waals surface area contributed by atoms with Gasteiger partial charge in [0.15, 0.2) is 0 Å². The second kappa shape index (κ2) is 9.56. The van der Waals surface area contributed by atoms with Crippen molar-refractivity contribution in [1.29, 1.82) is 0 Å². The van der Waals surface area contributed by atoms with Crippen LogP contribution in [0.4, 0.5) is 0 Å². The zero-order valence-electron chi connectivity index (χ0n) is 14.5. The zero-order valence-corrected chi connectivity index (χ0v) is 14.5. The Morgan fingerprint density at radius 2 is 2.13 bits per heavy atom. The topological polar surface area (TPSA) is 41.6 Å². The highest BCUT2D eigenvalue weighted by Gasteiger charge is 2.15. The van der Waals surface area contributed by atoms with Crippen LogP contribution < -0.4 is 10.1 Å². The summed E-state index contributed by atoms with van der Waals surface area (Å²) < 4.78 is 5.13. The molecule has 0 saturated carbocycles. The van der Waals surface area contributed by atoms with Crippen molar-refractivity contribution >= 4 is 5.91 Å². The Balaban J connectivity index is 1.56. The highest BCUT2D eigenvalue weighted by Crippen LogP contribution is 2.15. The SMILES string of the molecule is COc1ccc(CCC(=O)NCCCN2CCC[C@@H](C)C2)cc1. The molecule has 0 spiro atoms. The van der Waals surface area contributed by atoms with E-state index in [1.54, 1.807) is 7.11 Å². The molecule has 23 heavy (non-hydrogen) atoms. The maximum Gasteiger partial charge on any atom is 0.220 e. The Morgan fingerprint density at radius 3 is 2.83 bits per heavy atom. The third-order valence-corrected chi connectivity index (χ3v) is 4.51. The molecule has 1 amide bonds. The summed E-state index contributed by atoms with van der Waals surface area (Å²) in [4.78, 5) is 14.4. The van der Waals surface area contributed by atoms with Crippen LogP contribution in [0.25, 0.3) is 0 Å². The maximum absolute atomic E-state index is 11.9. The summed E-state index contributed by atoms with van der Waals surface area (Å²) in [5.41, 5.74) is 1.17. The minimum Gasteiger partial charge on any atom is -0.497 e. The number of piperidine rings is 1. The molecule has 1 saturated heterocycles. The molecule has 1 heterocycles. The van der Waals surface area contributed by atoms with Gasteiger partial charge in [-0.2, -0.15) is 0 Å². The van der Waals surface area contributed by atoms with Crippen molar-refractivity contribution in [3.8, 4) is 5.75 Å². The van der Waals surface area contributed by atoms with Crippen LogP contribution >= 0.6 is 0 Å². The second-order valence-corrected chi connectivity index (χ2v) is 6.60. The number of hydrogen-bond acceptors (Lipinski definition) is 3. The quantitative estimate of drug-likeness (QED) is 0.749. The first-order valence-electron chi connectivity index (χ1n) is 8.79.